The summed E-state index contributed by atoms with van der Waals surface area (Å²) in [7, 11) is 1.29. The molecule has 4 heteroatoms. The highest BCUT2D eigenvalue weighted by Crippen LogP contribution is 2.40. The van der Waals surface area contributed by atoms with Gasteiger partial charge in [-0.05, 0) is 12.1 Å². The van der Waals surface area contributed by atoms with Crippen molar-refractivity contribution in [3.63, 3.8) is 0 Å². The van der Waals surface area contributed by atoms with Crippen molar-refractivity contribution in [2.75, 3.05) is 7.11 Å². The summed E-state index contributed by atoms with van der Waals surface area (Å²) in [4.78, 5) is 24.8. The molecule has 0 aromatic heterocycles. The average molecular weight is 282 g/mol. The van der Waals surface area contributed by atoms with E-state index < -0.39 is 11.6 Å². The Labute approximate surface area is 122 Å². The Morgan fingerprint density at radius 1 is 1.10 bits per heavy atom. The maximum absolute atomic E-state index is 12.4. The minimum Gasteiger partial charge on any atom is -0.469 e. The molecular weight excluding hydrogens is 268 g/mol. The van der Waals surface area contributed by atoms with Crippen LogP contribution < -0.4 is 4.74 Å². The van der Waals surface area contributed by atoms with E-state index in [0.29, 0.717) is 16.9 Å². The molecule has 0 saturated carbocycles. The van der Waals surface area contributed by atoms with E-state index >= 15 is 0 Å². The van der Waals surface area contributed by atoms with Crippen LogP contribution in [0.2, 0.25) is 0 Å². The van der Waals surface area contributed by atoms with Gasteiger partial charge in [0.2, 0.25) is 5.60 Å². The number of esters is 1. The first-order chi connectivity index (χ1) is 10.2. The monoisotopic (exact) mass is 282 g/mol. The topological polar surface area (TPSA) is 52.6 Å². The maximum atomic E-state index is 12.4. The third-order valence-electron chi connectivity index (χ3n) is 3.64. The molecule has 2 aromatic rings. The van der Waals surface area contributed by atoms with Crippen LogP contribution in [0.1, 0.15) is 22.3 Å². The number of Topliss-reactive ketones (excluding diaryl/α,β-unsaturated/α-hetero) is 1. The molecule has 0 saturated heterocycles. The Morgan fingerprint density at radius 3 is 2.48 bits per heavy atom. The standard InChI is InChI=1S/C17H14O4/c1-20-16(19)17(12-7-3-2-4-8-12)11-14(18)13-9-5-6-10-15(13)21-17/h2-10H,11H2,1H3. The first-order valence-electron chi connectivity index (χ1n) is 6.62. The van der Waals surface area contributed by atoms with Crippen LogP contribution in [0.25, 0.3) is 0 Å². The fraction of sp³-hybridized carbons (Fsp3) is 0.176. The molecule has 0 N–H and O–H groups in total. The van der Waals surface area contributed by atoms with Crippen LogP contribution in [0, 0.1) is 0 Å². The van der Waals surface area contributed by atoms with Gasteiger partial charge in [0.05, 0.1) is 19.1 Å². The lowest BCUT2D eigenvalue weighted by Crippen LogP contribution is -2.47. The minimum atomic E-state index is -1.42. The number of hydrogen-bond acceptors (Lipinski definition) is 4. The second-order valence-electron chi connectivity index (χ2n) is 4.88. The summed E-state index contributed by atoms with van der Waals surface area (Å²) in [6, 6.07) is 15.9. The zero-order chi connectivity index (χ0) is 14.9. The van der Waals surface area contributed by atoms with Crippen LogP contribution in [-0.4, -0.2) is 18.9 Å². The zero-order valence-corrected chi connectivity index (χ0v) is 11.5. The van der Waals surface area contributed by atoms with E-state index in [1.165, 1.54) is 7.11 Å². The molecule has 3 rings (SSSR count). The molecule has 106 valence electrons. The van der Waals surface area contributed by atoms with Crippen molar-refractivity contribution < 1.29 is 19.1 Å². The maximum Gasteiger partial charge on any atom is 0.355 e. The summed E-state index contributed by atoms with van der Waals surface area (Å²) in [5, 5.41) is 0. The van der Waals surface area contributed by atoms with Crippen LogP contribution in [0.15, 0.2) is 54.6 Å². The van der Waals surface area contributed by atoms with E-state index in [2.05, 4.69) is 0 Å². The summed E-state index contributed by atoms with van der Waals surface area (Å²) in [6.45, 7) is 0. The summed E-state index contributed by atoms with van der Waals surface area (Å²) < 4.78 is 10.8. The van der Waals surface area contributed by atoms with Crippen molar-refractivity contribution in [2.24, 2.45) is 0 Å². The Morgan fingerprint density at radius 2 is 1.76 bits per heavy atom. The van der Waals surface area contributed by atoms with Gasteiger partial charge in [-0.2, -0.15) is 0 Å². The number of carbonyl (C=O) groups excluding carboxylic acids is 2. The smallest absolute Gasteiger partial charge is 0.355 e. The van der Waals surface area contributed by atoms with Crippen LogP contribution in [0.4, 0.5) is 0 Å². The lowest BCUT2D eigenvalue weighted by molar-refractivity contribution is -0.160. The molecule has 1 aliphatic heterocycles. The van der Waals surface area contributed by atoms with Crippen molar-refractivity contribution >= 4 is 11.8 Å². The number of benzene rings is 2. The number of carbonyl (C=O) groups is 2. The van der Waals surface area contributed by atoms with Gasteiger partial charge in [0.15, 0.2) is 5.78 Å². The molecule has 0 spiro atoms. The largest absolute Gasteiger partial charge is 0.469 e. The highest BCUT2D eigenvalue weighted by Gasteiger charge is 2.49. The van der Waals surface area contributed by atoms with Gasteiger partial charge in [-0.15, -0.1) is 0 Å². The molecule has 0 aliphatic carbocycles. The molecule has 1 heterocycles. The number of para-hydroxylation sites is 1. The molecule has 1 unspecified atom stereocenters. The van der Waals surface area contributed by atoms with Gasteiger partial charge in [-0.3, -0.25) is 4.79 Å². The summed E-state index contributed by atoms with van der Waals surface area (Å²) >= 11 is 0. The lowest BCUT2D eigenvalue weighted by atomic mass is 9.84. The van der Waals surface area contributed by atoms with Crippen LogP contribution in [0.3, 0.4) is 0 Å². The Balaban J connectivity index is 2.16. The summed E-state index contributed by atoms with van der Waals surface area (Å²) in [5.41, 5.74) is -0.311. The molecular formula is C17H14O4. The minimum absolute atomic E-state index is 0.0688. The first kappa shape index (κ1) is 13.4. The van der Waals surface area contributed by atoms with Crippen molar-refractivity contribution in [1.29, 1.82) is 0 Å². The number of rotatable bonds is 2. The van der Waals surface area contributed by atoms with E-state index in [9.17, 15) is 9.59 Å². The lowest BCUT2D eigenvalue weighted by Gasteiger charge is -2.35. The van der Waals surface area contributed by atoms with E-state index in [1.807, 2.05) is 6.07 Å². The molecule has 0 radical (unpaired) electrons. The molecule has 0 fully saturated rings. The van der Waals surface area contributed by atoms with Gasteiger partial charge < -0.3 is 9.47 Å². The van der Waals surface area contributed by atoms with Crippen LogP contribution in [-0.2, 0) is 15.1 Å². The number of ether oxygens (including phenoxy) is 2. The van der Waals surface area contributed by atoms with Crippen molar-refractivity contribution in [2.45, 2.75) is 12.0 Å². The van der Waals surface area contributed by atoms with Crippen LogP contribution in [0.5, 0.6) is 5.75 Å². The molecule has 0 bridgehead atoms. The van der Waals surface area contributed by atoms with Gasteiger partial charge in [0.1, 0.15) is 5.75 Å². The second kappa shape index (κ2) is 5.05. The summed E-state index contributed by atoms with van der Waals surface area (Å²) in [6.07, 6.45) is -0.0688. The predicted molar refractivity (Wildman–Crippen MR) is 76.2 cm³/mol. The average Bonchev–Trinajstić information content (AvgIpc) is 2.54. The third kappa shape index (κ3) is 2.09. The Bertz CT molecular complexity index is 693. The van der Waals surface area contributed by atoms with Crippen LogP contribution >= 0.6 is 0 Å². The number of fused-ring (bicyclic) bond motifs is 1. The van der Waals surface area contributed by atoms with Gasteiger partial charge in [0.25, 0.3) is 0 Å². The van der Waals surface area contributed by atoms with Crippen molar-refractivity contribution in [3.8, 4) is 5.75 Å². The van der Waals surface area contributed by atoms with Gasteiger partial charge in [-0.25, -0.2) is 4.79 Å². The van der Waals surface area contributed by atoms with E-state index in [0.717, 1.165) is 0 Å². The predicted octanol–water partition coefficient (Wildman–Crippen LogP) is 2.72. The summed E-state index contributed by atoms with van der Waals surface area (Å²) in [5.74, 6) is -0.300. The number of hydrogen-bond donors (Lipinski definition) is 0. The molecule has 4 nitrogen and oxygen atoms in total. The van der Waals surface area contributed by atoms with E-state index in [-0.39, 0.29) is 12.2 Å². The van der Waals surface area contributed by atoms with Gasteiger partial charge in [-0.1, -0.05) is 42.5 Å². The van der Waals surface area contributed by atoms with Gasteiger partial charge in [0, 0.05) is 5.56 Å². The van der Waals surface area contributed by atoms with Crippen molar-refractivity contribution in [3.05, 3.63) is 65.7 Å². The zero-order valence-electron chi connectivity index (χ0n) is 11.5. The molecule has 2 aromatic carbocycles. The molecule has 1 aliphatic rings. The fourth-order valence-corrected chi connectivity index (χ4v) is 2.60. The molecule has 0 amide bonds. The van der Waals surface area contributed by atoms with Gasteiger partial charge >= 0.3 is 5.97 Å². The SMILES string of the molecule is COC(=O)C1(c2ccccc2)CC(=O)c2ccccc2O1. The third-order valence-corrected chi connectivity index (χ3v) is 3.64. The quantitative estimate of drug-likeness (QED) is 0.795. The number of methoxy groups -OCH3 is 1. The highest BCUT2D eigenvalue weighted by atomic mass is 16.6. The van der Waals surface area contributed by atoms with E-state index in [4.69, 9.17) is 9.47 Å². The fourth-order valence-electron chi connectivity index (χ4n) is 2.60. The number of ketones is 1. The first-order valence-corrected chi connectivity index (χ1v) is 6.62. The van der Waals surface area contributed by atoms with E-state index in [1.54, 1.807) is 48.5 Å². The molecule has 21 heavy (non-hydrogen) atoms. The second-order valence-corrected chi connectivity index (χ2v) is 4.88. The highest BCUT2D eigenvalue weighted by molar-refractivity contribution is 6.04. The normalized spacial score (nSPS) is 20.3. The Kier molecular flexibility index (Phi) is 3.22. The van der Waals surface area contributed by atoms with Crippen molar-refractivity contribution in [1.82, 2.24) is 0 Å². The molecule has 1 atom stereocenters. The Hall–Kier alpha value is -2.62.